The maximum atomic E-state index is 13.1. The summed E-state index contributed by atoms with van der Waals surface area (Å²) in [5, 5.41) is 0. The molecule has 1 nitrogen and oxygen atoms in total. The van der Waals surface area contributed by atoms with Crippen LogP contribution in [0.2, 0.25) is 0 Å². The Bertz CT molecular complexity index is 336. The first-order chi connectivity index (χ1) is 6.02. The lowest BCUT2D eigenvalue weighted by Crippen LogP contribution is -2.01. The number of alkyl halides is 1. The molecule has 1 rings (SSSR count). The lowest BCUT2D eigenvalue weighted by atomic mass is 10.1. The molecule has 1 atom stereocenters. The number of benzene rings is 1. The highest BCUT2D eigenvalue weighted by Gasteiger charge is 2.13. The molecule has 70 valence electrons. The summed E-state index contributed by atoms with van der Waals surface area (Å²) in [6, 6.07) is 4.80. The molecular weight excluding hydrogens is 235 g/mol. The van der Waals surface area contributed by atoms with Crippen molar-refractivity contribution >= 4 is 21.7 Å². The highest BCUT2D eigenvalue weighted by atomic mass is 79.9. The fourth-order valence-electron chi connectivity index (χ4n) is 1.00. The second-order valence-electron chi connectivity index (χ2n) is 2.98. The van der Waals surface area contributed by atoms with Crippen molar-refractivity contribution in [3.05, 3.63) is 35.1 Å². The van der Waals surface area contributed by atoms with Crippen molar-refractivity contribution in [1.82, 2.24) is 0 Å². The van der Waals surface area contributed by atoms with Crippen molar-refractivity contribution in [2.75, 3.05) is 0 Å². The second-order valence-corrected chi connectivity index (χ2v) is 3.90. The predicted octanol–water partition coefficient (Wildman–Crippen LogP) is 3.16. The molecule has 0 N–H and O–H groups in total. The quantitative estimate of drug-likeness (QED) is 0.731. The Kier molecular flexibility index (Phi) is 3.20. The van der Waals surface area contributed by atoms with Gasteiger partial charge in [0.2, 0.25) is 0 Å². The molecule has 1 aromatic rings. The van der Waals surface area contributed by atoms with Gasteiger partial charge in [0, 0.05) is 0 Å². The maximum absolute atomic E-state index is 13.1. The van der Waals surface area contributed by atoms with Gasteiger partial charge in [-0.05, 0) is 31.0 Å². The first-order valence-electron chi connectivity index (χ1n) is 3.93. The number of rotatable bonds is 2. The molecule has 0 heterocycles. The van der Waals surface area contributed by atoms with Crippen LogP contribution < -0.4 is 0 Å². The van der Waals surface area contributed by atoms with Crippen LogP contribution in [0, 0.1) is 12.7 Å². The van der Waals surface area contributed by atoms with Gasteiger partial charge in [-0.3, -0.25) is 4.79 Å². The van der Waals surface area contributed by atoms with Gasteiger partial charge in [-0.1, -0.05) is 28.1 Å². The minimum atomic E-state index is -0.400. The van der Waals surface area contributed by atoms with Gasteiger partial charge in [-0.15, -0.1) is 0 Å². The van der Waals surface area contributed by atoms with E-state index in [-0.39, 0.29) is 11.6 Å². The van der Waals surface area contributed by atoms with E-state index in [0.29, 0.717) is 11.1 Å². The largest absolute Gasteiger partial charge is 0.298 e. The van der Waals surface area contributed by atoms with Gasteiger partial charge >= 0.3 is 0 Å². The van der Waals surface area contributed by atoms with Gasteiger partial charge < -0.3 is 0 Å². The van der Waals surface area contributed by atoms with Gasteiger partial charge in [0.05, 0.1) is 4.83 Å². The number of halogens is 2. The molecule has 0 spiro atoms. The van der Waals surface area contributed by atoms with E-state index in [4.69, 9.17) is 0 Å². The van der Waals surface area contributed by atoms with Crippen LogP contribution in [0.5, 0.6) is 0 Å². The Hall–Kier alpha value is -0.700. The lowest BCUT2D eigenvalue weighted by molar-refractivity contribution is -0.116. The second kappa shape index (κ2) is 4.01. The molecule has 0 saturated carbocycles. The molecule has 1 aromatic carbocycles. The van der Waals surface area contributed by atoms with Crippen LogP contribution in [-0.4, -0.2) is 5.78 Å². The SMILES string of the molecule is CC(=O)C(Br)c1ccc(C)c(F)c1. The van der Waals surface area contributed by atoms with Crippen molar-refractivity contribution in [3.63, 3.8) is 0 Å². The highest BCUT2D eigenvalue weighted by Crippen LogP contribution is 2.24. The molecule has 0 aliphatic heterocycles. The smallest absolute Gasteiger partial charge is 0.147 e. The van der Waals surface area contributed by atoms with Crippen molar-refractivity contribution < 1.29 is 9.18 Å². The van der Waals surface area contributed by atoms with Crippen LogP contribution in [0.4, 0.5) is 4.39 Å². The zero-order chi connectivity index (χ0) is 10.0. The van der Waals surface area contributed by atoms with Crippen molar-refractivity contribution in [2.24, 2.45) is 0 Å². The zero-order valence-electron chi connectivity index (χ0n) is 7.47. The Balaban J connectivity index is 3.03. The molecule has 0 aromatic heterocycles. The third-order valence-electron chi connectivity index (χ3n) is 1.85. The zero-order valence-corrected chi connectivity index (χ0v) is 9.06. The summed E-state index contributed by atoms with van der Waals surface area (Å²) in [5.74, 6) is -0.300. The van der Waals surface area contributed by atoms with Crippen LogP contribution in [0.3, 0.4) is 0 Å². The van der Waals surface area contributed by atoms with E-state index in [2.05, 4.69) is 15.9 Å². The van der Waals surface area contributed by atoms with E-state index in [1.165, 1.54) is 13.0 Å². The molecule has 0 aliphatic rings. The summed E-state index contributed by atoms with van der Waals surface area (Å²) < 4.78 is 13.1. The van der Waals surface area contributed by atoms with E-state index >= 15 is 0 Å². The van der Waals surface area contributed by atoms with Crippen LogP contribution in [0.1, 0.15) is 22.9 Å². The first-order valence-corrected chi connectivity index (χ1v) is 4.84. The molecule has 1 unspecified atom stereocenters. The average Bonchev–Trinajstić information content (AvgIpc) is 2.08. The molecule has 0 bridgehead atoms. The molecule has 0 fully saturated rings. The van der Waals surface area contributed by atoms with E-state index in [1.807, 2.05) is 0 Å². The lowest BCUT2D eigenvalue weighted by Gasteiger charge is -2.06. The molecule has 0 radical (unpaired) electrons. The Morgan fingerprint density at radius 3 is 2.62 bits per heavy atom. The van der Waals surface area contributed by atoms with E-state index < -0.39 is 4.83 Å². The van der Waals surface area contributed by atoms with Crippen molar-refractivity contribution in [3.8, 4) is 0 Å². The first kappa shape index (κ1) is 10.4. The van der Waals surface area contributed by atoms with Crippen molar-refractivity contribution in [2.45, 2.75) is 18.7 Å². The number of carbonyl (C=O) groups excluding carboxylic acids is 1. The highest BCUT2D eigenvalue weighted by molar-refractivity contribution is 9.09. The topological polar surface area (TPSA) is 17.1 Å². The third kappa shape index (κ3) is 2.37. The van der Waals surface area contributed by atoms with Gasteiger partial charge in [0.1, 0.15) is 11.6 Å². The molecule has 0 saturated heterocycles. The fraction of sp³-hybridized carbons (Fsp3) is 0.300. The summed E-state index contributed by atoms with van der Waals surface area (Å²) >= 11 is 3.19. The van der Waals surface area contributed by atoms with E-state index in [1.54, 1.807) is 19.1 Å². The number of hydrogen-bond acceptors (Lipinski definition) is 1. The molecule has 0 amide bonds. The van der Waals surface area contributed by atoms with Crippen LogP contribution in [0.15, 0.2) is 18.2 Å². The summed E-state index contributed by atoms with van der Waals surface area (Å²) in [7, 11) is 0. The molecule has 13 heavy (non-hydrogen) atoms. The van der Waals surface area contributed by atoms with E-state index in [9.17, 15) is 9.18 Å². The summed E-state index contributed by atoms with van der Waals surface area (Å²) in [6.45, 7) is 3.16. The summed E-state index contributed by atoms with van der Waals surface area (Å²) in [4.78, 5) is 10.6. The molecule has 0 aliphatic carbocycles. The Morgan fingerprint density at radius 2 is 2.15 bits per heavy atom. The van der Waals surface area contributed by atoms with Gasteiger partial charge in [-0.25, -0.2) is 4.39 Å². The maximum Gasteiger partial charge on any atom is 0.147 e. The number of hydrogen-bond donors (Lipinski definition) is 0. The summed E-state index contributed by atoms with van der Waals surface area (Å²) in [6.07, 6.45) is 0. The Labute approximate surface area is 85.1 Å². The third-order valence-corrected chi connectivity index (χ3v) is 3.02. The minimum Gasteiger partial charge on any atom is -0.298 e. The molecular formula is C10H10BrFO. The monoisotopic (exact) mass is 244 g/mol. The number of Topliss-reactive ketones (excluding diaryl/α,β-unsaturated/α-hetero) is 1. The normalized spacial score (nSPS) is 12.6. The minimum absolute atomic E-state index is 0.0248. The average molecular weight is 245 g/mol. The van der Waals surface area contributed by atoms with Crippen molar-refractivity contribution in [1.29, 1.82) is 0 Å². The van der Waals surface area contributed by atoms with Gasteiger partial charge in [-0.2, -0.15) is 0 Å². The van der Waals surface area contributed by atoms with Crippen LogP contribution >= 0.6 is 15.9 Å². The summed E-state index contributed by atoms with van der Waals surface area (Å²) in [5.41, 5.74) is 1.25. The fourth-order valence-corrected chi connectivity index (χ4v) is 1.29. The van der Waals surface area contributed by atoms with Crippen LogP contribution in [-0.2, 0) is 4.79 Å². The number of aryl methyl sites for hydroxylation is 1. The number of carbonyl (C=O) groups is 1. The number of ketones is 1. The molecule has 3 heteroatoms. The van der Waals surface area contributed by atoms with E-state index in [0.717, 1.165) is 0 Å². The Morgan fingerprint density at radius 1 is 1.54 bits per heavy atom. The van der Waals surface area contributed by atoms with Gasteiger partial charge in [0.15, 0.2) is 0 Å². The predicted molar refractivity (Wildman–Crippen MR) is 53.5 cm³/mol. The van der Waals surface area contributed by atoms with Gasteiger partial charge in [0.25, 0.3) is 0 Å². The van der Waals surface area contributed by atoms with Crippen LogP contribution in [0.25, 0.3) is 0 Å². The standard InChI is InChI=1S/C10H10BrFO/c1-6-3-4-8(5-9(6)12)10(11)7(2)13/h3-5,10H,1-2H3.